The summed E-state index contributed by atoms with van der Waals surface area (Å²) in [6.07, 6.45) is 1.38. The van der Waals surface area contributed by atoms with Gasteiger partial charge in [-0.05, 0) is 25.4 Å². The number of nitrogens with one attached hydrogen (secondary N) is 1. The number of rotatable bonds is 0. The predicted molar refractivity (Wildman–Crippen MR) is 40.1 cm³/mol. The van der Waals surface area contributed by atoms with Gasteiger partial charge >= 0.3 is 0 Å². The molecule has 1 aliphatic heterocycles. The summed E-state index contributed by atoms with van der Waals surface area (Å²) in [4.78, 5) is 0. The SMILES string of the molecule is CC.CC1CCNC1.[HH]. The fourth-order valence-electron chi connectivity index (χ4n) is 0.799. The van der Waals surface area contributed by atoms with Gasteiger partial charge in [0.15, 0.2) is 0 Å². The minimum atomic E-state index is 0. The normalized spacial score (nSPS) is 26.6. The Morgan fingerprint density at radius 1 is 1.50 bits per heavy atom. The minimum Gasteiger partial charge on any atom is -0.316 e. The summed E-state index contributed by atoms with van der Waals surface area (Å²) >= 11 is 0. The van der Waals surface area contributed by atoms with Crippen LogP contribution in [0.4, 0.5) is 0 Å². The molecule has 8 heavy (non-hydrogen) atoms. The lowest BCUT2D eigenvalue weighted by atomic mass is 10.2. The molecule has 0 saturated carbocycles. The standard InChI is InChI=1S/C5H11N.C2H6.H2/c1-5-2-3-6-4-5;1-2;/h5-6H,2-4H2,1H3;1-2H3;1H. The molecule has 0 amide bonds. The first-order valence-electron chi connectivity index (χ1n) is 3.60. The molecular formula is C7H19N. The molecule has 52 valence electrons. The van der Waals surface area contributed by atoms with Crippen LogP contribution in [-0.2, 0) is 0 Å². The van der Waals surface area contributed by atoms with Crippen molar-refractivity contribution in [1.29, 1.82) is 0 Å². The first-order chi connectivity index (χ1) is 3.89. The van der Waals surface area contributed by atoms with Gasteiger partial charge in [0.25, 0.3) is 0 Å². The van der Waals surface area contributed by atoms with Gasteiger partial charge in [0, 0.05) is 1.43 Å². The zero-order valence-corrected chi connectivity index (χ0v) is 6.20. The summed E-state index contributed by atoms with van der Waals surface area (Å²) in [6.45, 7) is 8.75. The molecule has 1 fully saturated rings. The molecule has 1 N–H and O–H groups in total. The molecule has 0 radical (unpaired) electrons. The van der Waals surface area contributed by atoms with Gasteiger partial charge in [0.1, 0.15) is 0 Å². The number of hydrogen-bond donors (Lipinski definition) is 1. The van der Waals surface area contributed by atoms with Gasteiger partial charge in [0.2, 0.25) is 0 Å². The van der Waals surface area contributed by atoms with Crippen LogP contribution >= 0.6 is 0 Å². The molecule has 0 aromatic heterocycles. The lowest BCUT2D eigenvalue weighted by Gasteiger charge is -1.90. The Bertz CT molecular complexity index is 42.2. The smallest absolute Gasteiger partial charge is 0 e. The second-order valence-electron chi connectivity index (χ2n) is 2.10. The van der Waals surface area contributed by atoms with Crippen LogP contribution in [0, 0.1) is 5.92 Å². The van der Waals surface area contributed by atoms with Gasteiger partial charge in [-0.3, -0.25) is 0 Å². The molecule has 1 saturated heterocycles. The van der Waals surface area contributed by atoms with E-state index < -0.39 is 0 Å². The van der Waals surface area contributed by atoms with E-state index in [0.717, 1.165) is 5.92 Å². The van der Waals surface area contributed by atoms with Crippen molar-refractivity contribution in [2.24, 2.45) is 5.92 Å². The molecule has 0 bridgehead atoms. The molecule has 1 rings (SSSR count). The molecule has 1 heterocycles. The highest BCUT2D eigenvalue weighted by atomic mass is 14.9. The van der Waals surface area contributed by atoms with Crippen molar-refractivity contribution in [2.45, 2.75) is 27.2 Å². The molecule has 1 heteroatoms. The van der Waals surface area contributed by atoms with Crippen molar-refractivity contribution in [3.05, 3.63) is 0 Å². The lowest BCUT2D eigenvalue weighted by molar-refractivity contribution is 0.651. The summed E-state index contributed by atoms with van der Waals surface area (Å²) in [5.41, 5.74) is 0. The molecular weight excluding hydrogens is 98.1 g/mol. The highest BCUT2D eigenvalue weighted by molar-refractivity contribution is 4.65. The highest BCUT2D eigenvalue weighted by Gasteiger charge is 2.06. The molecule has 0 aromatic carbocycles. The van der Waals surface area contributed by atoms with E-state index in [0.29, 0.717) is 0 Å². The maximum Gasteiger partial charge on any atom is 0 e. The van der Waals surface area contributed by atoms with E-state index in [9.17, 15) is 0 Å². The summed E-state index contributed by atoms with van der Waals surface area (Å²) in [5.74, 6) is 0.935. The van der Waals surface area contributed by atoms with Crippen LogP contribution in [0.25, 0.3) is 0 Å². The zero-order chi connectivity index (χ0) is 6.41. The van der Waals surface area contributed by atoms with E-state index in [4.69, 9.17) is 0 Å². The molecule has 0 aromatic rings. The summed E-state index contributed by atoms with van der Waals surface area (Å²) < 4.78 is 0. The van der Waals surface area contributed by atoms with Crippen LogP contribution in [0.15, 0.2) is 0 Å². The Morgan fingerprint density at radius 2 is 2.12 bits per heavy atom. The Balaban J connectivity index is 0. The molecule has 0 aliphatic carbocycles. The van der Waals surface area contributed by atoms with Crippen LogP contribution in [0.5, 0.6) is 0 Å². The van der Waals surface area contributed by atoms with Crippen LogP contribution in [0.1, 0.15) is 28.6 Å². The molecule has 1 unspecified atom stereocenters. The fraction of sp³-hybridized carbons (Fsp3) is 1.00. The first kappa shape index (κ1) is 7.96. The second kappa shape index (κ2) is 5.10. The average molecular weight is 117 g/mol. The van der Waals surface area contributed by atoms with Crippen LogP contribution in [0.2, 0.25) is 0 Å². The summed E-state index contributed by atoms with van der Waals surface area (Å²) in [5, 5.41) is 3.27. The molecule has 1 nitrogen and oxygen atoms in total. The quantitative estimate of drug-likeness (QED) is 0.511. The summed E-state index contributed by atoms with van der Waals surface area (Å²) in [7, 11) is 0. The molecule has 1 aliphatic rings. The van der Waals surface area contributed by atoms with Crippen molar-refractivity contribution in [3.63, 3.8) is 0 Å². The number of hydrogen-bond acceptors (Lipinski definition) is 1. The Labute approximate surface area is 54.0 Å². The van der Waals surface area contributed by atoms with Gasteiger partial charge < -0.3 is 5.32 Å². The predicted octanol–water partition coefficient (Wildman–Crippen LogP) is 1.89. The van der Waals surface area contributed by atoms with Gasteiger partial charge in [0.05, 0.1) is 0 Å². The third kappa shape index (κ3) is 3.03. The van der Waals surface area contributed by atoms with E-state index in [-0.39, 0.29) is 1.43 Å². The maximum absolute atomic E-state index is 3.27. The van der Waals surface area contributed by atoms with Crippen LogP contribution in [-0.4, -0.2) is 13.1 Å². The highest BCUT2D eigenvalue weighted by Crippen LogP contribution is 2.03. The first-order valence-corrected chi connectivity index (χ1v) is 3.60. The largest absolute Gasteiger partial charge is 0.316 e. The van der Waals surface area contributed by atoms with E-state index in [1.54, 1.807) is 0 Å². The van der Waals surface area contributed by atoms with Crippen LogP contribution < -0.4 is 5.32 Å². The topological polar surface area (TPSA) is 12.0 Å². The maximum atomic E-state index is 3.27. The van der Waals surface area contributed by atoms with Crippen molar-refractivity contribution >= 4 is 0 Å². The Kier molecular flexibility index (Phi) is 5.08. The third-order valence-corrected chi connectivity index (χ3v) is 1.31. The van der Waals surface area contributed by atoms with Crippen molar-refractivity contribution < 1.29 is 1.43 Å². The third-order valence-electron chi connectivity index (χ3n) is 1.31. The monoisotopic (exact) mass is 117 g/mol. The van der Waals surface area contributed by atoms with Crippen molar-refractivity contribution in [1.82, 2.24) is 5.32 Å². The van der Waals surface area contributed by atoms with Crippen LogP contribution in [0.3, 0.4) is 0 Å². The Morgan fingerprint density at radius 3 is 2.25 bits per heavy atom. The Hall–Kier alpha value is -0.0400. The van der Waals surface area contributed by atoms with Crippen molar-refractivity contribution in [2.75, 3.05) is 13.1 Å². The van der Waals surface area contributed by atoms with Gasteiger partial charge in [-0.25, -0.2) is 0 Å². The fourth-order valence-corrected chi connectivity index (χ4v) is 0.799. The van der Waals surface area contributed by atoms with Crippen molar-refractivity contribution in [3.8, 4) is 0 Å². The van der Waals surface area contributed by atoms with Gasteiger partial charge in [-0.15, -0.1) is 0 Å². The van der Waals surface area contributed by atoms with E-state index in [2.05, 4.69) is 12.2 Å². The lowest BCUT2D eigenvalue weighted by Crippen LogP contribution is -2.06. The zero-order valence-electron chi connectivity index (χ0n) is 6.20. The second-order valence-corrected chi connectivity index (χ2v) is 2.10. The van der Waals surface area contributed by atoms with E-state index in [1.165, 1.54) is 19.5 Å². The molecule has 1 atom stereocenters. The summed E-state index contributed by atoms with van der Waals surface area (Å²) in [6, 6.07) is 0. The van der Waals surface area contributed by atoms with E-state index in [1.807, 2.05) is 13.8 Å². The van der Waals surface area contributed by atoms with Gasteiger partial charge in [-0.1, -0.05) is 20.8 Å². The minimum absolute atomic E-state index is 0. The van der Waals surface area contributed by atoms with Gasteiger partial charge in [-0.2, -0.15) is 0 Å². The van der Waals surface area contributed by atoms with E-state index >= 15 is 0 Å². The molecule has 0 spiro atoms. The average Bonchev–Trinajstić information content (AvgIpc) is 2.24.